The Labute approximate surface area is 122 Å². The summed E-state index contributed by atoms with van der Waals surface area (Å²) in [4.78, 5) is 16.5. The lowest BCUT2D eigenvalue weighted by Crippen LogP contribution is -2.15. The van der Waals surface area contributed by atoms with Gasteiger partial charge in [0.15, 0.2) is 0 Å². The smallest absolute Gasteiger partial charge is 0.230 e. The Bertz CT molecular complexity index is 593. The Hall–Kier alpha value is -1.88. The standard InChI is InChI=1S/C15H18N2O2S/c1-10(2)15-16-11(9-20-15)8-14(18)17-12-6-4-5-7-13(12)19-3/h4-7,9-10H,8H2,1-3H3,(H,17,18). The third kappa shape index (κ3) is 3.57. The normalized spacial score (nSPS) is 10.6. The lowest BCUT2D eigenvalue weighted by molar-refractivity contribution is -0.115. The van der Waals surface area contributed by atoms with Gasteiger partial charge in [0, 0.05) is 11.3 Å². The van der Waals surface area contributed by atoms with Crippen molar-refractivity contribution in [1.29, 1.82) is 0 Å². The second-order valence-corrected chi connectivity index (χ2v) is 5.65. The number of carbonyl (C=O) groups is 1. The molecule has 1 aromatic heterocycles. The summed E-state index contributed by atoms with van der Waals surface area (Å²) in [7, 11) is 1.58. The van der Waals surface area contributed by atoms with E-state index in [0.29, 0.717) is 17.4 Å². The Balaban J connectivity index is 2.01. The van der Waals surface area contributed by atoms with E-state index in [4.69, 9.17) is 4.74 Å². The summed E-state index contributed by atoms with van der Waals surface area (Å²) < 4.78 is 5.20. The van der Waals surface area contributed by atoms with Crippen LogP contribution in [-0.4, -0.2) is 18.0 Å². The molecule has 2 aromatic rings. The maximum Gasteiger partial charge on any atom is 0.230 e. The molecule has 0 radical (unpaired) electrons. The van der Waals surface area contributed by atoms with Crippen LogP contribution in [0.5, 0.6) is 5.75 Å². The number of nitrogens with zero attached hydrogens (tertiary/aromatic N) is 1. The molecule has 1 N–H and O–H groups in total. The predicted octanol–water partition coefficient (Wildman–Crippen LogP) is 3.46. The molecule has 20 heavy (non-hydrogen) atoms. The Kier molecular flexibility index (Phi) is 4.74. The van der Waals surface area contributed by atoms with E-state index < -0.39 is 0 Å². The van der Waals surface area contributed by atoms with Crippen LogP contribution >= 0.6 is 11.3 Å². The first-order valence-corrected chi connectivity index (χ1v) is 7.35. The number of methoxy groups -OCH3 is 1. The van der Waals surface area contributed by atoms with Crippen molar-refractivity contribution in [1.82, 2.24) is 4.98 Å². The number of para-hydroxylation sites is 2. The van der Waals surface area contributed by atoms with E-state index in [2.05, 4.69) is 24.1 Å². The van der Waals surface area contributed by atoms with Crippen LogP contribution in [-0.2, 0) is 11.2 Å². The van der Waals surface area contributed by atoms with Crippen molar-refractivity contribution in [2.75, 3.05) is 12.4 Å². The maximum absolute atomic E-state index is 12.0. The summed E-state index contributed by atoms with van der Waals surface area (Å²) in [6.07, 6.45) is 0.279. The topological polar surface area (TPSA) is 51.2 Å². The number of amides is 1. The fourth-order valence-electron chi connectivity index (χ4n) is 1.78. The monoisotopic (exact) mass is 290 g/mol. The van der Waals surface area contributed by atoms with Crippen molar-refractivity contribution in [2.45, 2.75) is 26.2 Å². The van der Waals surface area contributed by atoms with Gasteiger partial charge in [0.1, 0.15) is 5.75 Å². The number of aromatic nitrogens is 1. The first kappa shape index (κ1) is 14.5. The number of anilines is 1. The molecule has 0 aliphatic carbocycles. The molecule has 1 amide bonds. The van der Waals surface area contributed by atoms with Crippen LogP contribution in [0.25, 0.3) is 0 Å². The average molecular weight is 290 g/mol. The number of thiazole rings is 1. The van der Waals surface area contributed by atoms with Crippen molar-refractivity contribution in [3.8, 4) is 5.75 Å². The molecule has 0 atom stereocenters. The molecule has 0 saturated carbocycles. The molecule has 0 spiro atoms. The van der Waals surface area contributed by atoms with Gasteiger partial charge in [0.2, 0.25) is 5.91 Å². The van der Waals surface area contributed by atoms with Gasteiger partial charge in [-0.1, -0.05) is 26.0 Å². The molecule has 2 rings (SSSR count). The number of nitrogens with one attached hydrogen (secondary N) is 1. The van der Waals surface area contributed by atoms with Gasteiger partial charge < -0.3 is 10.1 Å². The molecule has 0 aliphatic heterocycles. The van der Waals surface area contributed by atoms with Gasteiger partial charge in [-0.3, -0.25) is 4.79 Å². The van der Waals surface area contributed by atoms with Crippen LogP contribution in [0.3, 0.4) is 0 Å². The number of ether oxygens (including phenoxy) is 1. The number of hydrogen-bond acceptors (Lipinski definition) is 4. The summed E-state index contributed by atoms with van der Waals surface area (Å²) in [5.41, 5.74) is 1.49. The number of hydrogen-bond donors (Lipinski definition) is 1. The van der Waals surface area contributed by atoms with Crippen LogP contribution in [0.1, 0.15) is 30.5 Å². The summed E-state index contributed by atoms with van der Waals surface area (Å²) in [5, 5.41) is 5.85. The van der Waals surface area contributed by atoms with E-state index in [1.54, 1.807) is 18.4 Å². The zero-order valence-electron chi connectivity index (χ0n) is 11.8. The van der Waals surface area contributed by atoms with Gasteiger partial charge in [-0.05, 0) is 12.1 Å². The van der Waals surface area contributed by atoms with Crippen molar-refractivity contribution in [3.63, 3.8) is 0 Å². The fourth-order valence-corrected chi connectivity index (χ4v) is 2.61. The first-order chi connectivity index (χ1) is 9.60. The van der Waals surface area contributed by atoms with Gasteiger partial charge in [-0.2, -0.15) is 0 Å². The summed E-state index contributed by atoms with van der Waals surface area (Å²) >= 11 is 1.60. The molecule has 106 valence electrons. The zero-order valence-corrected chi connectivity index (χ0v) is 12.7. The van der Waals surface area contributed by atoms with E-state index in [-0.39, 0.29) is 12.3 Å². The molecule has 1 heterocycles. The minimum Gasteiger partial charge on any atom is -0.495 e. The summed E-state index contributed by atoms with van der Waals surface area (Å²) in [5.74, 6) is 0.961. The minimum absolute atomic E-state index is 0.0879. The Morgan fingerprint density at radius 2 is 2.15 bits per heavy atom. The molecule has 0 saturated heterocycles. The minimum atomic E-state index is -0.0879. The van der Waals surface area contributed by atoms with E-state index in [0.717, 1.165) is 10.7 Å². The molecule has 4 nitrogen and oxygen atoms in total. The number of carbonyl (C=O) groups excluding carboxylic acids is 1. The van der Waals surface area contributed by atoms with Gasteiger partial charge in [-0.25, -0.2) is 4.98 Å². The molecule has 0 unspecified atom stereocenters. The number of benzene rings is 1. The van der Waals surface area contributed by atoms with Gasteiger partial charge >= 0.3 is 0 Å². The van der Waals surface area contributed by atoms with Gasteiger partial charge in [0.05, 0.1) is 29.9 Å². The maximum atomic E-state index is 12.0. The van der Waals surface area contributed by atoms with E-state index >= 15 is 0 Å². The second-order valence-electron chi connectivity index (χ2n) is 4.76. The first-order valence-electron chi connectivity index (χ1n) is 6.47. The van der Waals surface area contributed by atoms with E-state index in [9.17, 15) is 4.79 Å². The molecular weight excluding hydrogens is 272 g/mol. The molecule has 0 aliphatic rings. The third-order valence-corrected chi connectivity index (χ3v) is 3.98. The van der Waals surface area contributed by atoms with Crippen molar-refractivity contribution < 1.29 is 9.53 Å². The SMILES string of the molecule is COc1ccccc1NC(=O)Cc1csc(C(C)C)n1. The highest BCUT2D eigenvalue weighted by Crippen LogP contribution is 2.23. The van der Waals surface area contributed by atoms with Crippen LogP contribution < -0.4 is 10.1 Å². The van der Waals surface area contributed by atoms with Crippen LogP contribution in [0.15, 0.2) is 29.6 Å². The number of rotatable bonds is 5. The highest BCUT2D eigenvalue weighted by molar-refractivity contribution is 7.09. The highest BCUT2D eigenvalue weighted by Gasteiger charge is 2.11. The quantitative estimate of drug-likeness (QED) is 0.917. The Morgan fingerprint density at radius 3 is 2.80 bits per heavy atom. The largest absolute Gasteiger partial charge is 0.495 e. The van der Waals surface area contributed by atoms with Crippen molar-refractivity contribution in [2.24, 2.45) is 0 Å². The zero-order chi connectivity index (χ0) is 14.5. The van der Waals surface area contributed by atoms with Crippen molar-refractivity contribution >= 4 is 22.9 Å². The Morgan fingerprint density at radius 1 is 1.40 bits per heavy atom. The summed E-state index contributed by atoms with van der Waals surface area (Å²) in [6, 6.07) is 7.36. The molecule has 1 aromatic carbocycles. The average Bonchev–Trinajstić information content (AvgIpc) is 2.88. The van der Waals surface area contributed by atoms with Gasteiger partial charge in [-0.15, -0.1) is 11.3 Å². The lowest BCUT2D eigenvalue weighted by atomic mass is 10.2. The van der Waals surface area contributed by atoms with Crippen LogP contribution in [0.4, 0.5) is 5.69 Å². The fraction of sp³-hybridized carbons (Fsp3) is 0.333. The van der Waals surface area contributed by atoms with Crippen LogP contribution in [0.2, 0.25) is 0 Å². The second kappa shape index (κ2) is 6.52. The van der Waals surface area contributed by atoms with Crippen LogP contribution in [0, 0.1) is 0 Å². The van der Waals surface area contributed by atoms with Gasteiger partial charge in [0.25, 0.3) is 0 Å². The summed E-state index contributed by atoms with van der Waals surface area (Å²) in [6.45, 7) is 4.19. The van der Waals surface area contributed by atoms with E-state index in [1.165, 1.54) is 0 Å². The molecular formula is C15H18N2O2S. The van der Waals surface area contributed by atoms with Crippen molar-refractivity contribution in [3.05, 3.63) is 40.3 Å². The predicted molar refractivity (Wildman–Crippen MR) is 81.5 cm³/mol. The van der Waals surface area contributed by atoms with E-state index in [1.807, 2.05) is 29.6 Å². The highest BCUT2D eigenvalue weighted by atomic mass is 32.1. The lowest BCUT2D eigenvalue weighted by Gasteiger charge is -2.09. The third-order valence-electron chi connectivity index (χ3n) is 2.79. The molecule has 0 bridgehead atoms. The molecule has 0 fully saturated rings. The molecule has 5 heteroatoms.